The molecule has 0 spiro atoms. The Bertz CT molecular complexity index is 1100. The zero-order valence-electron chi connectivity index (χ0n) is 14.3. The number of nitrogens with zero attached hydrogens (tertiary/aromatic N) is 3. The maximum atomic E-state index is 11.2. The predicted molar refractivity (Wildman–Crippen MR) is 98.2 cm³/mol. The van der Waals surface area contributed by atoms with Gasteiger partial charge in [-0.3, -0.25) is 25.7 Å². The van der Waals surface area contributed by atoms with Gasteiger partial charge in [0, 0.05) is 17.0 Å². The summed E-state index contributed by atoms with van der Waals surface area (Å²) in [6.07, 6.45) is 1.47. The lowest BCUT2D eigenvalue weighted by Gasteiger charge is -2.04. The number of benzene rings is 2. The van der Waals surface area contributed by atoms with Crippen molar-refractivity contribution < 1.29 is 19.4 Å². The normalized spacial score (nSPS) is 11.6. The Morgan fingerprint density at radius 2 is 1.93 bits per heavy atom. The van der Waals surface area contributed by atoms with Gasteiger partial charge in [0.05, 0.1) is 21.6 Å². The molecule has 2 N–H and O–H groups in total. The van der Waals surface area contributed by atoms with E-state index in [1.54, 1.807) is 19.9 Å². The lowest BCUT2D eigenvalue weighted by Crippen LogP contribution is -2.02. The van der Waals surface area contributed by atoms with Crippen LogP contribution in [0.2, 0.25) is 0 Å². The second-order valence-corrected chi connectivity index (χ2v) is 5.81. The highest BCUT2D eigenvalue weighted by molar-refractivity contribution is 6.09. The van der Waals surface area contributed by atoms with Crippen LogP contribution in [0.15, 0.2) is 46.1 Å². The Hall–Kier alpha value is -3.95. The highest BCUT2D eigenvalue weighted by Gasteiger charge is 2.19. The van der Waals surface area contributed by atoms with Gasteiger partial charge in [-0.2, -0.15) is 5.10 Å². The van der Waals surface area contributed by atoms with E-state index in [0.29, 0.717) is 22.2 Å². The Morgan fingerprint density at radius 1 is 1.19 bits per heavy atom. The molecule has 0 radical (unpaired) electrons. The van der Waals surface area contributed by atoms with Gasteiger partial charge in [-0.1, -0.05) is 0 Å². The molecular formula is C17H14N4O6. The fourth-order valence-electron chi connectivity index (χ4n) is 2.66. The van der Waals surface area contributed by atoms with Crippen LogP contribution in [0.4, 0.5) is 17.1 Å². The van der Waals surface area contributed by atoms with Crippen molar-refractivity contribution in [1.29, 1.82) is 0 Å². The number of nitro benzene ring substituents is 2. The number of fused-ring (bicyclic) bond motifs is 1. The molecule has 0 fully saturated rings. The van der Waals surface area contributed by atoms with Gasteiger partial charge in [0.15, 0.2) is 0 Å². The van der Waals surface area contributed by atoms with E-state index in [4.69, 9.17) is 4.42 Å². The summed E-state index contributed by atoms with van der Waals surface area (Å²) in [5.74, 6) is 0.0782. The summed E-state index contributed by atoms with van der Waals surface area (Å²) in [5, 5.41) is 36.5. The zero-order valence-corrected chi connectivity index (χ0v) is 14.3. The van der Waals surface area contributed by atoms with E-state index in [1.165, 1.54) is 18.4 Å². The van der Waals surface area contributed by atoms with Crippen LogP contribution >= 0.6 is 0 Å². The van der Waals surface area contributed by atoms with Crippen molar-refractivity contribution in [2.45, 2.75) is 13.8 Å². The molecule has 0 bridgehead atoms. The minimum absolute atomic E-state index is 0.0109. The van der Waals surface area contributed by atoms with Crippen molar-refractivity contribution in [1.82, 2.24) is 0 Å². The molecule has 3 rings (SSSR count). The summed E-state index contributed by atoms with van der Waals surface area (Å²) in [4.78, 5) is 20.5. The third-order valence-electron chi connectivity index (χ3n) is 3.97. The molecule has 1 aromatic heterocycles. The van der Waals surface area contributed by atoms with Crippen molar-refractivity contribution in [2.24, 2.45) is 5.10 Å². The van der Waals surface area contributed by atoms with E-state index in [9.17, 15) is 25.3 Å². The first kappa shape index (κ1) is 17.9. The van der Waals surface area contributed by atoms with Gasteiger partial charge in [-0.25, -0.2) is 0 Å². The van der Waals surface area contributed by atoms with Crippen molar-refractivity contribution in [3.8, 4) is 5.75 Å². The maximum Gasteiger partial charge on any atom is 0.301 e. The molecule has 10 nitrogen and oxygen atoms in total. The van der Waals surface area contributed by atoms with Crippen LogP contribution in [-0.4, -0.2) is 20.7 Å². The second kappa shape index (κ2) is 6.75. The van der Waals surface area contributed by atoms with Crippen molar-refractivity contribution in [3.05, 3.63) is 68.0 Å². The molecule has 1 heterocycles. The Balaban J connectivity index is 1.97. The molecule has 0 unspecified atom stereocenters. The van der Waals surface area contributed by atoms with Gasteiger partial charge >= 0.3 is 5.69 Å². The molecule has 0 aliphatic heterocycles. The SMILES string of the molecule is CC(=NNc1ccc([N+](=O)[O-])cc1[N+](=O)[O-])c1coc2c(C)cc(O)cc12. The lowest BCUT2D eigenvalue weighted by atomic mass is 10.1. The molecule has 2 aromatic carbocycles. The van der Waals surface area contributed by atoms with Crippen LogP contribution < -0.4 is 5.43 Å². The molecule has 3 aromatic rings. The van der Waals surface area contributed by atoms with Gasteiger partial charge in [-0.05, 0) is 37.6 Å². The number of phenolic OH excluding ortho intramolecular Hbond substituents is 1. The number of hydrogen-bond donors (Lipinski definition) is 2. The zero-order chi connectivity index (χ0) is 19.7. The van der Waals surface area contributed by atoms with Crippen LogP contribution in [0.25, 0.3) is 11.0 Å². The Morgan fingerprint density at radius 3 is 2.59 bits per heavy atom. The number of aryl methyl sites for hydroxylation is 1. The van der Waals surface area contributed by atoms with E-state index in [1.807, 2.05) is 0 Å². The first-order valence-electron chi connectivity index (χ1n) is 7.72. The summed E-state index contributed by atoms with van der Waals surface area (Å²) in [5.41, 5.74) is 4.11. The highest BCUT2D eigenvalue weighted by atomic mass is 16.6. The number of non-ortho nitro benzene ring substituents is 1. The minimum Gasteiger partial charge on any atom is -0.508 e. The molecule has 0 aliphatic carbocycles. The Kier molecular flexibility index (Phi) is 4.46. The lowest BCUT2D eigenvalue weighted by molar-refractivity contribution is -0.393. The molecule has 0 amide bonds. The average molecular weight is 370 g/mol. The summed E-state index contributed by atoms with van der Waals surface area (Å²) in [6.45, 7) is 3.45. The first-order valence-corrected chi connectivity index (χ1v) is 7.72. The summed E-state index contributed by atoms with van der Waals surface area (Å²) in [7, 11) is 0. The van der Waals surface area contributed by atoms with Gasteiger partial charge in [0.1, 0.15) is 23.3 Å². The number of hydrazone groups is 1. The molecule has 10 heteroatoms. The van der Waals surface area contributed by atoms with Gasteiger partial charge < -0.3 is 9.52 Å². The average Bonchev–Trinajstić information content (AvgIpc) is 3.03. The number of nitro groups is 2. The van der Waals surface area contributed by atoms with Crippen LogP contribution in [-0.2, 0) is 0 Å². The predicted octanol–water partition coefficient (Wildman–Crippen LogP) is 4.10. The maximum absolute atomic E-state index is 11.2. The fraction of sp³-hybridized carbons (Fsp3) is 0.118. The monoisotopic (exact) mass is 370 g/mol. The van der Waals surface area contributed by atoms with E-state index in [0.717, 1.165) is 17.7 Å². The van der Waals surface area contributed by atoms with Crippen LogP contribution in [0, 0.1) is 27.2 Å². The third kappa shape index (κ3) is 3.40. The van der Waals surface area contributed by atoms with Gasteiger partial charge in [0.25, 0.3) is 5.69 Å². The third-order valence-corrected chi connectivity index (χ3v) is 3.97. The fourth-order valence-corrected chi connectivity index (χ4v) is 2.66. The van der Waals surface area contributed by atoms with Gasteiger partial charge in [-0.15, -0.1) is 0 Å². The van der Waals surface area contributed by atoms with Crippen molar-refractivity contribution in [3.63, 3.8) is 0 Å². The van der Waals surface area contributed by atoms with Gasteiger partial charge in [0.2, 0.25) is 0 Å². The molecule has 0 saturated carbocycles. The number of aromatic hydroxyl groups is 1. The number of furan rings is 1. The second-order valence-electron chi connectivity index (χ2n) is 5.81. The van der Waals surface area contributed by atoms with Crippen molar-refractivity contribution in [2.75, 3.05) is 5.43 Å². The standard InChI is InChI=1S/C17H14N4O6/c1-9-5-12(22)7-13-14(8-27-17(9)13)10(2)18-19-15-4-3-11(20(23)24)6-16(15)21(25)26/h3-8,19,22H,1-2H3. The minimum atomic E-state index is -0.727. The van der Waals surface area contributed by atoms with Crippen LogP contribution in [0.5, 0.6) is 5.75 Å². The Labute approximate surface area is 152 Å². The topological polar surface area (TPSA) is 144 Å². The number of rotatable bonds is 5. The largest absolute Gasteiger partial charge is 0.508 e. The highest BCUT2D eigenvalue weighted by Crippen LogP contribution is 2.31. The van der Waals surface area contributed by atoms with E-state index in [-0.39, 0.29) is 17.1 Å². The van der Waals surface area contributed by atoms with E-state index in [2.05, 4.69) is 10.5 Å². The van der Waals surface area contributed by atoms with Crippen molar-refractivity contribution >= 4 is 33.7 Å². The van der Waals surface area contributed by atoms with E-state index < -0.39 is 15.5 Å². The van der Waals surface area contributed by atoms with E-state index >= 15 is 0 Å². The number of nitrogens with one attached hydrogen (secondary N) is 1. The number of phenols is 1. The summed E-state index contributed by atoms with van der Waals surface area (Å²) in [6, 6.07) is 6.34. The molecule has 138 valence electrons. The molecule has 27 heavy (non-hydrogen) atoms. The number of hydrogen-bond acceptors (Lipinski definition) is 8. The quantitative estimate of drug-likeness (QED) is 0.391. The molecule has 0 aliphatic rings. The molecular weight excluding hydrogens is 356 g/mol. The summed E-state index contributed by atoms with van der Waals surface area (Å²) < 4.78 is 5.51. The van der Waals surface area contributed by atoms with Crippen LogP contribution in [0.3, 0.4) is 0 Å². The molecule has 0 saturated heterocycles. The smallest absolute Gasteiger partial charge is 0.301 e. The molecule has 0 atom stereocenters. The van der Waals surface area contributed by atoms with Crippen LogP contribution in [0.1, 0.15) is 18.1 Å². The summed E-state index contributed by atoms with van der Waals surface area (Å²) >= 11 is 0. The number of anilines is 1. The first-order chi connectivity index (χ1) is 12.8.